The lowest BCUT2D eigenvalue weighted by molar-refractivity contribution is 0.0507. The molecule has 2 fully saturated rings. The molecule has 7 nitrogen and oxygen atoms in total. The third-order valence-corrected chi connectivity index (χ3v) is 6.06. The summed E-state index contributed by atoms with van der Waals surface area (Å²) in [6, 6.07) is 11.4. The van der Waals surface area contributed by atoms with Crippen LogP contribution in [0.4, 0.5) is 4.79 Å². The SMILES string of the molecule is CCNC(=NCC1CC(C)N(Cc2ccccc2)C1)N1CC[C@@H](NC(=O)OC(C)(C)C)C1. The number of hydrogen-bond acceptors (Lipinski definition) is 4. The highest BCUT2D eigenvalue weighted by molar-refractivity contribution is 5.80. The average Bonchev–Trinajstić information content (AvgIpc) is 3.31. The number of alkyl carbamates (subject to hydrolysis) is 1. The predicted octanol–water partition coefficient (Wildman–Crippen LogP) is 3.46. The maximum absolute atomic E-state index is 12.1. The van der Waals surface area contributed by atoms with Gasteiger partial charge in [-0.15, -0.1) is 0 Å². The van der Waals surface area contributed by atoms with Crippen LogP contribution in [0.2, 0.25) is 0 Å². The number of benzene rings is 1. The van der Waals surface area contributed by atoms with Gasteiger partial charge in [0.2, 0.25) is 0 Å². The molecule has 32 heavy (non-hydrogen) atoms. The van der Waals surface area contributed by atoms with Crippen molar-refractivity contribution in [3.63, 3.8) is 0 Å². The number of nitrogens with one attached hydrogen (secondary N) is 2. The first-order valence-electron chi connectivity index (χ1n) is 12.0. The summed E-state index contributed by atoms with van der Waals surface area (Å²) < 4.78 is 5.40. The fourth-order valence-electron chi connectivity index (χ4n) is 4.57. The Morgan fingerprint density at radius 3 is 2.66 bits per heavy atom. The van der Waals surface area contributed by atoms with Crippen LogP contribution < -0.4 is 10.6 Å². The van der Waals surface area contributed by atoms with E-state index in [1.807, 2.05) is 20.8 Å². The van der Waals surface area contributed by atoms with E-state index in [2.05, 4.69) is 64.6 Å². The highest BCUT2D eigenvalue weighted by Crippen LogP contribution is 2.25. The molecule has 178 valence electrons. The van der Waals surface area contributed by atoms with Crippen molar-refractivity contribution in [1.29, 1.82) is 0 Å². The Labute approximate surface area is 193 Å². The number of carbonyl (C=O) groups is 1. The second kappa shape index (κ2) is 11.0. The van der Waals surface area contributed by atoms with Gasteiger partial charge in [0.15, 0.2) is 5.96 Å². The lowest BCUT2D eigenvalue weighted by Gasteiger charge is -2.24. The van der Waals surface area contributed by atoms with E-state index in [1.165, 1.54) is 12.0 Å². The second-order valence-corrected chi connectivity index (χ2v) is 10.1. The van der Waals surface area contributed by atoms with Crippen molar-refractivity contribution in [1.82, 2.24) is 20.4 Å². The van der Waals surface area contributed by atoms with Crippen molar-refractivity contribution in [2.45, 2.75) is 71.7 Å². The van der Waals surface area contributed by atoms with Crippen LogP contribution in [0.3, 0.4) is 0 Å². The van der Waals surface area contributed by atoms with Gasteiger partial charge in [0, 0.05) is 45.3 Å². The van der Waals surface area contributed by atoms with Crippen LogP contribution in [0.1, 0.15) is 53.0 Å². The van der Waals surface area contributed by atoms with Gasteiger partial charge in [0.25, 0.3) is 0 Å². The molecule has 2 heterocycles. The van der Waals surface area contributed by atoms with E-state index in [4.69, 9.17) is 9.73 Å². The molecule has 7 heteroatoms. The number of hydrogen-bond donors (Lipinski definition) is 2. The van der Waals surface area contributed by atoms with Crippen molar-refractivity contribution < 1.29 is 9.53 Å². The van der Waals surface area contributed by atoms with Gasteiger partial charge in [-0.3, -0.25) is 9.89 Å². The average molecular weight is 444 g/mol. The number of rotatable bonds is 6. The van der Waals surface area contributed by atoms with Crippen LogP contribution in [-0.4, -0.2) is 72.3 Å². The lowest BCUT2D eigenvalue weighted by Crippen LogP contribution is -2.44. The van der Waals surface area contributed by atoms with Crippen LogP contribution in [-0.2, 0) is 11.3 Å². The van der Waals surface area contributed by atoms with Gasteiger partial charge in [-0.1, -0.05) is 30.3 Å². The third kappa shape index (κ3) is 7.40. The molecular formula is C25H41N5O2. The molecule has 0 radical (unpaired) electrons. The molecule has 0 aliphatic carbocycles. The Kier molecular flexibility index (Phi) is 8.40. The van der Waals surface area contributed by atoms with Crippen molar-refractivity contribution in [2.24, 2.45) is 10.9 Å². The van der Waals surface area contributed by atoms with Gasteiger partial charge in [0.1, 0.15) is 5.60 Å². The molecule has 1 aromatic carbocycles. The summed E-state index contributed by atoms with van der Waals surface area (Å²) in [5, 5.41) is 6.44. The van der Waals surface area contributed by atoms with Crippen molar-refractivity contribution in [3.05, 3.63) is 35.9 Å². The maximum atomic E-state index is 12.1. The number of guanidine groups is 1. The minimum atomic E-state index is -0.481. The summed E-state index contributed by atoms with van der Waals surface area (Å²) in [7, 11) is 0. The number of nitrogens with zero attached hydrogens (tertiary/aromatic N) is 3. The van der Waals surface area contributed by atoms with Gasteiger partial charge < -0.3 is 20.3 Å². The van der Waals surface area contributed by atoms with E-state index in [1.54, 1.807) is 0 Å². The monoisotopic (exact) mass is 443 g/mol. The summed E-state index contributed by atoms with van der Waals surface area (Å²) in [6.45, 7) is 15.5. The Bertz CT molecular complexity index is 761. The zero-order chi connectivity index (χ0) is 23.1. The van der Waals surface area contributed by atoms with Gasteiger partial charge in [0.05, 0.1) is 6.04 Å². The highest BCUT2D eigenvalue weighted by atomic mass is 16.6. The number of carbonyl (C=O) groups excluding carboxylic acids is 1. The Morgan fingerprint density at radius 1 is 1.22 bits per heavy atom. The molecule has 2 saturated heterocycles. The van der Waals surface area contributed by atoms with Crippen molar-refractivity contribution in [2.75, 3.05) is 32.7 Å². The number of aliphatic imine (C=N–C) groups is 1. The van der Waals surface area contributed by atoms with Crippen LogP contribution >= 0.6 is 0 Å². The van der Waals surface area contributed by atoms with Crippen molar-refractivity contribution in [3.8, 4) is 0 Å². The second-order valence-electron chi connectivity index (χ2n) is 10.1. The Balaban J connectivity index is 1.51. The molecular weight excluding hydrogens is 402 g/mol. The van der Waals surface area contributed by atoms with Crippen LogP contribution in [0.25, 0.3) is 0 Å². The minimum absolute atomic E-state index is 0.0848. The maximum Gasteiger partial charge on any atom is 0.407 e. The van der Waals surface area contributed by atoms with E-state index >= 15 is 0 Å². The van der Waals surface area contributed by atoms with Crippen LogP contribution in [0.5, 0.6) is 0 Å². The fourth-order valence-corrected chi connectivity index (χ4v) is 4.57. The van der Waals surface area contributed by atoms with E-state index in [0.717, 1.165) is 51.6 Å². The molecule has 2 aliphatic rings. The zero-order valence-electron chi connectivity index (χ0n) is 20.4. The quantitative estimate of drug-likeness (QED) is 0.521. The zero-order valence-corrected chi connectivity index (χ0v) is 20.4. The van der Waals surface area contributed by atoms with Gasteiger partial charge in [-0.05, 0) is 58.9 Å². The summed E-state index contributed by atoms with van der Waals surface area (Å²) in [6.07, 6.45) is 1.73. The highest BCUT2D eigenvalue weighted by Gasteiger charge is 2.30. The topological polar surface area (TPSA) is 69.2 Å². The minimum Gasteiger partial charge on any atom is -0.444 e. The van der Waals surface area contributed by atoms with E-state index in [-0.39, 0.29) is 12.1 Å². The molecule has 2 aliphatic heterocycles. The fraction of sp³-hybridized carbons (Fsp3) is 0.680. The molecule has 0 bridgehead atoms. The molecule has 3 atom stereocenters. The van der Waals surface area contributed by atoms with Crippen LogP contribution in [0, 0.1) is 5.92 Å². The summed E-state index contributed by atoms with van der Waals surface area (Å²) in [4.78, 5) is 21.9. The standard InChI is InChI=1S/C25H41N5O2/c1-6-26-23(29-13-12-22(18-29)28-24(31)32-25(3,4)5)27-15-21-14-19(2)30(17-21)16-20-10-8-7-9-11-20/h7-11,19,21-22H,6,12-18H2,1-5H3,(H,26,27)(H,28,31)/t19?,21?,22-/m1/s1. The Morgan fingerprint density at radius 2 is 1.97 bits per heavy atom. The summed E-state index contributed by atoms with van der Waals surface area (Å²) >= 11 is 0. The molecule has 2 N–H and O–H groups in total. The predicted molar refractivity (Wildman–Crippen MR) is 130 cm³/mol. The first-order valence-corrected chi connectivity index (χ1v) is 12.0. The molecule has 1 aromatic rings. The molecule has 2 unspecified atom stereocenters. The van der Waals surface area contributed by atoms with Crippen LogP contribution in [0.15, 0.2) is 35.3 Å². The van der Waals surface area contributed by atoms with E-state index in [0.29, 0.717) is 12.0 Å². The summed E-state index contributed by atoms with van der Waals surface area (Å²) in [5.41, 5.74) is 0.892. The smallest absolute Gasteiger partial charge is 0.407 e. The first kappa shape index (κ1) is 24.4. The molecule has 0 saturated carbocycles. The van der Waals surface area contributed by atoms with Gasteiger partial charge in [-0.25, -0.2) is 4.79 Å². The largest absolute Gasteiger partial charge is 0.444 e. The molecule has 0 aromatic heterocycles. The lowest BCUT2D eigenvalue weighted by atomic mass is 10.1. The molecule has 3 rings (SSSR count). The first-order chi connectivity index (χ1) is 15.2. The molecule has 1 amide bonds. The van der Waals surface area contributed by atoms with E-state index < -0.39 is 5.60 Å². The van der Waals surface area contributed by atoms with Gasteiger partial charge >= 0.3 is 6.09 Å². The Hall–Kier alpha value is -2.28. The summed E-state index contributed by atoms with van der Waals surface area (Å²) in [5.74, 6) is 1.52. The van der Waals surface area contributed by atoms with E-state index in [9.17, 15) is 4.79 Å². The number of likely N-dealkylation sites (tertiary alicyclic amines) is 2. The number of ether oxygens (including phenoxy) is 1. The molecule has 0 spiro atoms. The normalized spacial score (nSPS) is 24.6. The number of amides is 1. The van der Waals surface area contributed by atoms with Gasteiger partial charge in [-0.2, -0.15) is 0 Å². The third-order valence-electron chi connectivity index (χ3n) is 6.06. The van der Waals surface area contributed by atoms with Crippen molar-refractivity contribution >= 4 is 12.1 Å².